The first kappa shape index (κ1) is 23.4. The van der Waals surface area contributed by atoms with Crippen LogP contribution in [0.3, 0.4) is 0 Å². The molecule has 0 saturated heterocycles. The van der Waals surface area contributed by atoms with Gasteiger partial charge in [-0.3, -0.25) is 13.9 Å². The Labute approximate surface area is 201 Å². The normalized spacial score (nSPS) is 11.1. The molecule has 9 nitrogen and oxygen atoms in total. The van der Waals surface area contributed by atoms with Crippen molar-refractivity contribution >= 4 is 28.7 Å². The van der Waals surface area contributed by atoms with Crippen LogP contribution in [-0.4, -0.2) is 39.4 Å². The zero-order valence-corrected chi connectivity index (χ0v) is 20.2. The number of aromatic nitrogens is 4. The second kappa shape index (κ2) is 9.64. The van der Waals surface area contributed by atoms with Crippen LogP contribution in [0.4, 0.5) is 5.95 Å². The van der Waals surface area contributed by atoms with Gasteiger partial charge in [0.2, 0.25) is 5.95 Å². The molecule has 0 unspecified atom stereocenters. The minimum Gasteiger partial charge on any atom is -0.493 e. The summed E-state index contributed by atoms with van der Waals surface area (Å²) >= 11 is 5.95. The Morgan fingerprint density at radius 3 is 2.29 bits per heavy atom. The van der Waals surface area contributed by atoms with Gasteiger partial charge in [-0.25, -0.2) is 4.79 Å². The van der Waals surface area contributed by atoms with Gasteiger partial charge >= 0.3 is 5.69 Å². The molecule has 2 heterocycles. The zero-order valence-electron chi connectivity index (χ0n) is 19.5. The number of rotatable bonds is 8. The van der Waals surface area contributed by atoms with E-state index in [9.17, 15) is 9.59 Å². The van der Waals surface area contributed by atoms with E-state index >= 15 is 0 Å². The van der Waals surface area contributed by atoms with Gasteiger partial charge in [0.05, 0.1) is 20.8 Å². The maximum atomic E-state index is 13.2. The Balaban J connectivity index is 1.60. The maximum absolute atomic E-state index is 13.2. The van der Waals surface area contributed by atoms with Crippen molar-refractivity contribution in [1.82, 2.24) is 18.7 Å². The first-order valence-corrected chi connectivity index (χ1v) is 11.1. The van der Waals surface area contributed by atoms with E-state index in [1.54, 1.807) is 57.1 Å². The molecule has 2 aromatic carbocycles. The van der Waals surface area contributed by atoms with E-state index < -0.39 is 11.2 Å². The Kier molecular flexibility index (Phi) is 6.65. The lowest BCUT2D eigenvalue weighted by atomic mass is 10.1. The summed E-state index contributed by atoms with van der Waals surface area (Å²) in [7, 11) is 6.57. The monoisotopic (exact) mass is 483 g/mol. The van der Waals surface area contributed by atoms with Crippen LogP contribution >= 0.6 is 11.6 Å². The number of hydrogen-bond donors (Lipinski definition) is 1. The zero-order chi connectivity index (χ0) is 24.4. The summed E-state index contributed by atoms with van der Waals surface area (Å²) < 4.78 is 14.9. The SMILES string of the molecule is COc1ccc(CCNc2nc3c(c(=O)n(Cc4ccc(Cl)cc4)c(=O)n3C)n2C)cc1OC. The Bertz CT molecular complexity index is 1450. The average Bonchev–Trinajstić information content (AvgIpc) is 3.17. The van der Waals surface area contributed by atoms with Crippen molar-refractivity contribution in [2.75, 3.05) is 26.1 Å². The molecule has 0 amide bonds. The smallest absolute Gasteiger partial charge is 0.332 e. The van der Waals surface area contributed by atoms with E-state index in [0.29, 0.717) is 46.6 Å². The molecule has 0 saturated carbocycles. The molecule has 0 aliphatic carbocycles. The molecule has 0 aliphatic heterocycles. The number of nitrogens with zero attached hydrogens (tertiary/aromatic N) is 4. The van der Waals surface area contributed by atoms with Crippen molar-refractivity contribution in [2.45, 2.75) is 13.0 Å². The quantitative estimate of drug-likeness (QED) is 0.414. The molecule has 0 atom stereocenters. The fourth-order valence-electron chi connectivity index (χ4n) is 3.87. The molecular formula is C24H26ClN5O4. The Morgan fingerprint density at radius 2 is 1.62 bits per heavy atom. The van der Waals surface area contributed by atoms with Crippen LogP contribution < -0.4 is 26.0 Å². The molecule has 4 aromatic rings. The van der Waals surface area contributed by atoms with Crippen molar-refractivity contribution in [3.63, 3.8) is 0 Å². The third-order valence-corrected chi connectivity index (χ3v) is 6.01. The van der Waals surface area contributed by atoms with Crippen LogP contribution in [0.5, 0.6) is 11.5 Å². The minimum absolute atomic E-state index is 0.145. The third kappa shape index (κ3) is 4.38. The molecule has 10 heteroatoms. The highest BCUT2D eigenvalue weighted by atomic mass is 35.5. The van der Waals surface area contributed by atoms with Crippen LogP contribution in [0, 0.1) is 0 Å². The number of hydrogen-bond acceptors (Lipinski definition) is 6. The molecular weight excluding hydrogens is 458 g/mol. The van der Waals surface area contributed by atoms with Crippen molar-refractivity contribution in [3.8, 4) is 11.5 Å². The van der Waals surface area contributed by atoms with Crippen molar-refractivity contribution in [3.05, 3.63) is 79.5 Å². The summed E-state index contributed by atoms with van der Waals surface area (Å²) in [6, 6.07) is 12.8. The molecule has 0 aliphatic rings. The van der Waals surface area contributed by atoms with Crippen molar-refractivity contribution < 1.29 is 9.47 Å². The number of imidazole rings is 1. The summed E-state index contributed by atoms with van der Waals surface area (Å²) in [5.74, 6) is 1.84. The van der Waals surface area contributed by atoms with Gasteiger partial charge in [0.1, 0.15) is 0 Å². The lowest BCUT2D eigenvalue weighted by Gasteiger charge is -2.10. The number of fused-ring (bicyclic) bond motifs is 1. The first-order valence-electron chi connectivity index (χ1n) is 10.7. The van der Waals surface area contributed by atoms with Crippen LogP contribution in [0.1, 0.15) is 11.1 Å². The van der Waals surface area contributed by atoms with Gasteiger partial charge in [-0.1, -0.05) is 29.8 Å². The number of anilines is 1. The molecule has 2 aromatic heterocycles. The second-order valence-corrected chi connectivity index (χ2v) is 8.33. The van der Waals surface area contributed by atoms with Crippen LogP contribution in [-0.2, 0) is 27.1 Å². The van der Waals surface area contributed by atoms with Crippen LogP contribution in [0.15, 0.2) is 52.1 Å². The summed E-state index contributed by atoms with van der Waals surface area (Å²) in [5, 5.41) is 3.86. The van der Waals surface area contributed by atoms with Crippen LogP contribution in [0.2, 0.25) is 5.02 Å². The highest BCUT2D eigenvalue weighted by Crippen LogP contribution is 2.27. The molecule has 178 valence electrons. The number of halogens is 1. The minimum atomic E-state index is -0.428. The van der Waals surface area contributed by atoms with E-state index in [0.717, 1.165) is 11.1 Å². The molecule has 0 radical (unpaired) electrons. The van der Waals surface area contributed by atoms with E-state index in [1.807, 2.05) is 18.2 Å². The van der Waals surface area contributed by atoms with E-state index in [1.165, 1.54) is 9.13 Å². The lowest BCUT2D eigenvalue weighted by Crippen LogP contribution is -2.39. The van der Waals surface area contributed by atoms with Crippen molar-refractivity contribution in [2.24, 2.45) is 14.1 Å². The Morgan fingerprint density at radius 1 is 0.941 bits per heavy atom. The number of aryl methyl sites for hydroxylation is 2. The first-order chi connectivity index (χ1) is 16.3. The second-order valence-electron chi connectivity index (χ2n) is 7.89. The van der Waals surface area contributed by atoms with Gasteiger partial charge < -0.3 is 19.4 Å². The van der Waals surface area contributed by atoms with Gasteiger partial charge in [0, 0.05) is 25.7 Å². The maximum Gasteiger partial charge on any atom is 0.332 e. The summed E-state index contributed by atoms with van der Waals surface area (Å²) in [6.07, 6.45) is 0.698. The molecule has 1 N–H and O–H groups in total. The molecule has 4 rings (SSSR count). The number of benzene rings is 2. The van der Waals surface area contributed by atoms with E-state index in [4.69, 9.17) is 21.1 Å². The third-order valence-electron chi connectivity index (χ3n) is 5.76. The topological polar surface area (TPSA) is 92.3 Å². The fraction of sp³-hybridized carbons (Fsp3) is 0.292. The molecule has 0 bridgehead atoms. The average molecular weight is 484 g/mol. The Hall–Kier alpha value is -3.72. The van der Waals surface area contributed by atoms with E-state index in [-0.39, 0.29) is 6.54 Å². The fourth-order valence-corrected chi connectivity index (χ4v) is 3.99. The summed E-state index contributed by atoms with van der Waals surface area (Å²) in [4.78, 5) is 30.7. The highest BCUT2D eigenvalue weighted by molar-refractivity contribution is 6.30. The summed E-state index contributed by atoms with van der Waals surface area (Å²) in [5.41, 5.74) is 1.72. The predicted molar refractivity (Wildman–Crippen MR) is 133 cm³/mol. The lowest BCUT2D eigenvalue weighted by molar-refractivity contribution is 0.354. The van der Waals surface area contributed by atoms with Gasteiger partial charge in [-0.15, -0.1) is 0 Å². The highest BCUT2D eigenvalue weighted by Gasteiger charge is 2.18. The number of methoxy groups -OCH3 is 2. The van der Waals surface area contributed by atoms with Gasteiger partial charge in [0.15, 0.2) is 22.7 Å². The predicted octanol–water partition coefficient (Wildman–Crippen LogP) is 2.81. The standard InChI is InChI=1S/C24H26ClN5O4/c1-28-20-21(27-23(28)26-12-11-15-7-10-18(33-3)19(13-15)34-4)29(2)24(32)30(22(20)31)14-16-5-8-17(25)9-6-16/h5-10,13H,11-12,14H2,1-4H3,(H,26,27). The molecule has 0 spiro atoms. The van der Waals surface area contributed by atoms with Crippen LogP contribution in [0.25, 0.3) is 11.2 Å². The molecule has 34 heavy (non-hydrogen) atoms. The number of nitrogens with one attached hydrogen (secondary N) is 1. The number of ether oxygens (including phenoxy) is 2. The largest absolute Gasteiger partial charge is 0.493 e. The van der Waals surface area contributed by atoms with Gasteiger partial charge in [-0.2, -0.15) is 4.98 Å². The molecule has 0 fully saturated rings. The van der Waals surface area contributed by atoms with Gasteiger partial charge in [0.25, 0.3) is 5.56 Å². The summed E-state index contributed by atoms with van der Waals surface area (Å²) in [6.45, 7) is 0.714. The van der Waals surface area contributed by atoms with E-state index in [2.05, 4.69) is 10.3 Å². The van der Waals surface area contributed by atoms with Crippen molar-refractivity contribution in [1.29, 1.82) is 0 Å². The van der Waals surface area contributed by atoms with Gasteiger partial charge in [-0.05, 0) is 41.8 Å².